The van der Waals surface area contributed by atoms with Crippen molar-refractivity contribution in [1.29, 1.82) is 0 Å². The molecule has 1 amide bonds. The first-order valence-corrected chi connectivity index (χ1v) is 5.59. The normalized spacial score (nSPS) is 11.4. The molecule has 0 atom stereocenters. The van der Waals surface area contributed by atoms with Crippen molar-refractivity contribution in [2.75, 3.05) is 11.9 Å². The Morgan fingerprint density at radius 2 is 2.06 bits per heavy atom. The van der Waals surface area contributed by atoms with Gasteiger partial charge in [-0.05, 0) is 31.2 Å². The zero-order chi connectivity index (χ0) is 13.8. The van der Waals surface area contributed by atoms with Crippen LogP contribution in [0.4, 0.5) is 18.9 Å². The molecule has 0 heterocycles. The molecule has 3 N–H and O–H groups in total. The number of rotatable bonds is 4. The van der Waals surface area contributed by atoms with Gasteiger partial charge in [0, 0.05) is 6.42 Å². The highest BCUT2D eigenvalue weighted by atomic mass is 35.5. The van der Waals surface area contributed by atoms with Crippen LogP contribution in [0, 0.1) is 0 Å². The molecule has 18 heavy (non-hydrogen) atoms. The maximum atomic E-state index is 12.4. The fraction of sp³-hybridized carbons (Fsp3) is 0.364. The number of hydrogen-bond donors (Lipinski definition) is 2. The van der Waals surface area contributed by atoms with Crippen molar-refractivity contribution < 1.29 is 18.0 Å². The van der Waals surface area contributed by atoms with E-state index in [1.807, 2.05) is 0 Å². The van der Waals surface area contributed by atoms with E-state index in [9.17, 15) is 18.0 Å². The van der Waals surface area contributed by atoms with E-state index in [1.165, 1.54) is 0 Å². The Kier molecular flexibility index (Phi) is 4.98. The highest BCUT2D eigenvalue weighted by Crippen LogP contribution is 2.33. The standard InChI is InChI=1S/C11H12ClF3N2O/c12-8-6-7(11(13,14)15)3-4-9(8)17-10(18)2-1-5-16/h3-4,6H,1-2,5,16H2,(H,17,18). The van der Waals surface area contributed by atoms with E-state index >= 15 is 0 Å². The molecule has 0 unspecified atom stereocenters. The van der Waals surface area contributed by atoms with Crippen molar-refractivity contribution in [3.05, 3.63) is 28.8 Å². The minimum absolute atomic E-state index is 0.147. The molecular formula is C11H12ClF3N2O. The van der Waals surface area contributed by atoms with Gasteiger partial charge in [0.1, 0.15) is 0 Å². The van der Waals surface area contributed by atoms with E-state index in [2.05, 4.69) is 5.32 Å². The van der Waals surface area contributed by atoms with Gasteiger partial charge in [0.25, 0.3) is 0 Å². The molecule has 0 aliphatic heterocycles. The molecule has 3 nitrogen and oxygen atoms in total. The van der Waals surface area contributed by atoms with E-state index in [1.54, 1.807) is 0 Å². The molecule has 0 saturated heterocycles. The van der Waals surface area contributed by atoms with Crippen molar-refractivity contribution >= 4 is 23.2 Å². The molecule has 0 aliphatic carbocycles. The molecule has 0 radical (unpaired) electrons. The molecule has 100 valence electrons. The average Bonchev–Trinajstić information content (AvgIpc) is 2.27. The summed E-state index contributed by atoms with van der Waals surface area (Å²) in [6, 6.07) is 2.77. The lowest BCUT2D eigenvalue weighted by atomic mass is 10.2. The van der Waals surface area contributed by atoms with Crippen LogP contribution in [0.1, 0.15) is 18.4 Å². The highest BCUT2D eigenvalue weighted by Gasteiger charge is 2.30. The van der Waals surface area contributed by atoms with Crippen molar-refractivity contribution in [1.82, 2.24) is 0 Å². The lowest BCUT2D eigenvalue weighted by Gasteiger charge is -2.10. The number of amides is 1. The maximum Gasteiger partial charge on any atom is 0.416 e. The van der Waals surface area contributed by atoms with Crippen LogP contribution in [0.3, 0.4) is 0 Å². The number of anilines is 1. The van der Waals surface area contributed by atoms with E-state index in [4.69, 9.17) is 17.3 Å². The van der Waals surface area contributed by atoms with Gasteiger partial charge in [0.15, 0.2) is 0 Å². The van der Waals surface area contributed by atoms with Crippen molar-refractivity contribution in [3.63, 3.8) is 0 Å². The van der Waals surface area contributed by atoms with Crippen molar-refractivity contribution in [2.24, 2.45) is 5.73 Å². The van der Waals surface area contributed by atoms with E-state index in [0.29, 0.717) is 13.0 Å². The SMILES string of the molecule is NCCCC(=O)Nc1ccc(C(F)(F)F)cc1Cl. The largest absolute Gasteiger partial charge is 0.416 e. The van der Waals surface area contributed by atoms with E-state index < -0.39 is 11.7 Å². The predicted octanol–water partition coefficient (Wildman–Crippen LogP) is 3.04. The quantitative estimate of drug-likeness (QED) is 0.891. The minimum Gasteiger partial charge on any atom is -0.330 e. The lowest BCUT2D eigenvalue weighted by molar-refractivity contribution is -0.137. The van der Waals surface area contributed by atoms with Crippen LogP contribution in [0.15, 0.2) is 18.2 Å². The Balaban J connectivity index is 2.77. The second-order valence-corrected chi connectivity index (χ2v) is 4.04. The minimum atomic E-state index is -4.45. The summed E-state index contributed by atoms with van der Waals surface area (Å²) >= 11 is 5.67. The number of halogens is 4. The van der Waals surface area contributed by atoms with Crippen LogP contribution in [0.2, 0.25) is 5.02 Å². The van der Waals surface area contributed by atoms with Crippen LogP contribution in [0.25, 0.3) is 0 Å². The number of carbonyl (C=O) groups is 1. The molecule has 7 heteroatoms. The fourth-order valence-corrected chi connectivity index (χ4v) is 1.50. The molecule has 0 aliphatic rings. The van der Waals surface area contributed by atoms with Gasteiger partial charge in [-0.2, -0.15) is 13.2 Å². The first-order chi connectivity index (χ1) is 8.34. The molecule has 0 bridgehead atoms. The zero-order valence-electron chi connectivity index (χ0n) is 9.35. The molecule has 0 aromatic heterocycles. The van der Waals surface area contributed by atoms with Crippen LogP contribution in [0.5, 0.6) is 0 Å². The topological polar surface area (TPSA) is 55.1 Å². The summed E-state index contributed by atoms with van der Waals surface area (Å²) in [6.07, 6.45) is -3.75. The Morgan fingerprint density at radius 3 is 2.56 bits per heavy atom. The third kappa shape index (κ3) is 4.19. The van der Waals surface area contributed by atoms with E-state index in [0.717, 1.165) is 18.2 Å². The van der Waals surface area contributed by atoms with Gasteiger partial charge in [0.05, 0.1) is 16.3 Å². The van der Waals surface area contributed by atoms with Crippen LogP contribution in [-0.2, 0) is 11.0 Å². The van der Waals surface area contributed by atoms with Gasteiger partial charge in [-0.15, -0.1) is 0 Å². The summed E-state index contributed by atoms with van der Waals surface area (Å²) in [4.78, 5) is 11.4. The number of hydrogen-bond acceptors (Lipinski definition) is 2. The summed E-state index contributed by atoms with van der Waals surface area (Å²) < 4.78 is 37.1. The third-order valence-corrected chi connectivity index (χ3v) is 2.49. The summed E-state index contributed by atoms with van der Waals surface area (Å²) in [7, 11) is 0. The van der Waals surface area contributed by atoms with Crippen molar-refractivity contribution in [3.8, 4) is 0 Å². The Bertz CT molecular complexity index is 435. The highest BCUT2D eigenvalue weighted by molar-refractivity contribution is 6.33. The predicted molar refractivity (Wildman–Crippen MR) is 63.4 cm³/mol. The number of carbonyl (C=O) groups excluding carboxylic acids is 1. The first kappa shape index (κ1) is 14.8. The van der Waals surface area contributed by atoms with Gasteiger partial charge in [-0.1, -0.05) is 11.6 Å². The third-order valence-electron chi connectivity index (χ3n) is 2.18. The monoisotopic (exact) mass is 280 g/mol. The summed E-state index contributed by atoms with van der Waals surface area (Å²) in [6.45, 7) is 0.369. The second kappa shape index (κ2) is 6.06. The van der Waals surface area contributed by atoms with Gasteiger partial charge in [-0.25, -0.2) is 0 Å². The van der Waals surface area contributed by atoms with Crippen LogP contribution in [-0.4, -0.2) is 12.5 Å². The molecule has 1 aromatic rings. The fourth-order valence-electron chi connectivity index (χ4n) is 1.27. The molecule has 0 saturated carbocycles. The molecule has 0 spiro atoms. The summed E-state index contributed by atoms with van der Waals surface area (Å²) in [5, 5.41) is 2.28. The average molecular weight is 281 g/mol. The Hall–Kier alpha value is -1.27. The second-order valence-electron chi connectivity index (χ2n) is 3.63. The molecule has 0 fully saturated rings. The number of benzene rings is 1. The summed E-state index contributed by atoms with van der Waals surface area (Å²) in [5.41, 5.74) is 4.54. The number of alkyl halides is 3. The van der Waals surface area contributed by atoms with Crippen LogP contribution < -0.4 is 11.1 Å². The number of nitrogens with two attached hydrogens (primary N) is 1. The molecule has 1 aromatic carbocycles. The number of nitrogens with one attached hydrogen (secondary N) is 1. The maximum absolute atomic E-state index is 12.4. The van der Waals surface area contributed by atoms with Crippen molar-refractivity contribution in [2.45, 2.75) is 19.0 Å². The zero-order valence-corrected chi connectivity index (χ0v) is 10.1. The van der Waals surface area contributed by atoms with Gasteiger partial charge in [0.2, 0.25) is 5.91 Å². The molecule has 1 rings (SSSR count). The smallest absolute Gasteiger partial charge is 0.330 e. The van der Waals surface area contributed by atoms with Crippen LogP contribution >= 0.6 is 11.6 Å². The summed E-state index contributed by atoms with van der Waals surface area (Å²) in [5.74, 6) is -0.331. The van der Waals surface area contributed by atoms with Gasteiger partial charge < -0.3 is 11.1 Å². The van der Waals surface area contributed by atoms with Gasteiger partial charge in [-0.3, -0.25) is 4.79 Å². The van der Waals surface area contributed by atoms with E-state index in [-0.39, 0.29) is 23.0 Å². The Morgan fingerprint density at radius 1 is 1.39 bits per heavy atom. The van der Waals surface area contributed by atoms with Gasteiger partial charge >= 0.3 is 6.18 Å². The first-order valence-electron chi connectivity index (χ1n) is 5.21. The molecular weight excluding hydrogens is 269 g/mol. The Labute approximate surface area is 107 Å². The lowest BCUT2D eigenvalue weighted by Crippen LogP contribution is -2.14.